The van der Waals surface area contributed by atoms with Crippen LogP contribution in [0.2, 0.25) is 11.6 Å². The van der Waals surface area contributed by atoms with Crippen molar-refractivity contribution in [3.63, 3.8) is 0 Å². The van der Waals surface area contributed by atoms with E-state index in [-0.39, 0.29) is 15.3 Å². The lowest BCUT2D eigenvalue weighted by molar-refractivity contribution is 0.215. The second-order valence-electron chi connectivity index (χ2n) is 5.41. The van der Waals surface area contributed by atoms with Crippen molar-refractivity contribution in [2.45, 2.75) is 43.2 Å². The molecule has 1 aliphatic rings. The number of methoxy groups -OCH3 is 1. The molecule has 1 aliphatic carbocycles. The van der Waals surface area contributed by atoms with Gasteiger partial charge in [-0.05, 0) is 42.5 Å². The molecular weight excluding hydrogens is 243 g/mol. The number of benzene rings is 1. The lowest BCUT2D eigenvalue weighted by Crippen LogP contribution is -2.15. The molecule has 0 aromatic heterocycles. The van der Waals surface area contributed by atoms with Crippen molar-refractivity contribution in [3.8, 4) is 0 Å². The van der Waals surface area contributed by atoms with Gasteiger partial charge in [-0.15, -0.1) is 0 Å². The van der Waals surface area contributed by atoms with E-state index in [1.165, 1.54) is 43.4 Å². The first kappa shape index (κ1) is 13.8. The van der Waals surface area contributed by atoms with E-state index < -0.39 is 0 Å². The highest BCUT2D eigenvalue weighted by Crippen LogP contribution is 2.38. The molecule has 0 N–H and O–H groups in total. The first-order valence-electron chi connectivity index (χ1n) is 7.04. The van der Waals surface area contributed by atoms with Gasteiger partial charge in [-0.2, -0.15) is 0 Å². The highest BCUT2D eigenvalue weighted by Gasteiger charge is 2.22. The monoisotopic (exact) mass is 266 g/mol. The van der Waals surface area contributed by atoms with Gasteiger partial charge in [-0.25, -0.2) is 4.39 Å². The van der Waals surface area contributed by atoms with E-state index >= 15 is 0 Å². The Labute approximate surface area is 112 Å². The quantitative estimate of drug-likeness (QED) is 0.585. The highest BCUT2D eigenvalue weighted by atomic mass is 28.2. The van der Waals surface area contributed by atoms with Crippen molar-refractivity contribution in [1.29, 1.82) is 0 Å². The topological polar surface area (TPSA) is 9.23 Å². The van der Waals surface area contributed by atoms with Gasteiger partial charge in [0.05, 0.1) is 0 Å². The Morgan fingerprint density at radius 2 is 2.06 bits per heavy atom. The molecule has 0 spiro atoms. The minimum atomic E-state index is -0.0934. The first-order valence-corrected chi connectivity index (χ1v) is 8.85. The molecule has 0 saturated heterocycles. The Bertz CT molecular complexity index is 361. The van der Waals surface area contributed by atoms with Gasteiger partial charge in [0.25, 0.3) is 0 Å². The largest absolute Gasteiger partial charge is 0.385 e. The maximum Gasteiger partial charge on any atom is 0.123 e. The van der Waals surface area contributed by atoms with Gasteiger partial charge in [-0.3, -0.25) is 0 Å². The fourth-order valence-corrected chi connectivity index (χ4v) is 5.14. The standard InChI is InChI=1S/C15H23FOSi/c1-17-9-10-18-15-7-5-12(6-8-15)13-3-2-4-14(16)11-13/h2-4,11-12,15H,5-10,18H2,1H3. The molecule has 1 aromatic carbocycles. The molecule has 1 nitrogen and oxygen atoms in total. The van der Waals surface area contributed by atoms with E-state index in [4.69, 9.17) is 4.74 Å². The number of hydrogen-bond acceptors (Lipinski definition) is 1. The van der Waals surface area contributed by atoms with Crippen LogP contribution in [0, 0.1) is 5.82 Å². The molecule has 0 aliphatic heterocycles. The molecule has 0 bridgehead atoms. The summed E-state index contributed by atoms with van der Waals surface area (Å²) in [6.07, 6.45) is 5.18. The summed E-state index contributed by atoms with van der Waals surface area (Å²) in [5, 5.41) is 0. The van der Waals surface area contributed by atoms with Crippen molar-refractivity contribution in [1.82, 2.24) is 0 Å². The van der Waals surface area contributed by atoms with Gasteiger partial charge in [0, 0.05) is 23.2 Å². The second-order valence-corrected chi connectivity index (χ2v) is 7.85. The molecule has 0 heterocycles. The van der Waals surface area contributed by atoms with Crippen LogP contribution in [-0.4, -0.2) is 23.2 Å². The number of hydrogen-bond donors (Lipinski definition) is 0. The predicted molar refractivity (Wildman–Crippen MR) is 76.6 cm³/mol. The molecular formula is C15H23FOSi. The average molecular weight is 266 g/mol. The molecule has 3 heteroatoms. The second kappa shape index (κ2) is 7.05. The number of rotatable bonds is 5. The van der Waals surface area contributed by atoms with Crippen LogP contribution in [0.25, 0.3) is 0 Å². The van der Waals surface area contributed by atoms with Gasteiger partial charge in [0.2, 0.25) is 0 Å². The van der Waals surface area contributed by atoms with E-state index in [1.54, 1.807) is 13.2 Å². The van der Waals surface area contributed by atoms with E-state index in [2.05, 4.69) is 6.07 Å². The van der Waals surface area contributed by atoms with Crippen LogP contribution < -0.4 is 0 Å². The van der Waals surface area contributed by atoms with Crippen LogP contribution in [-0.2, 0) is 4.74 Å². The third kappa shape index (κ3) is 3.92. The summed E-state index contributed by atoms with van der Waals surface area (Å²) in [5.41, 5.74) is 2.19. The summed E-state index contributed by atoms with van der Waals surface area (Å²) in [5.74, 6) is 0.498. The molecule has 0 unspecified atom stereocenters. The SMILES string of the molecule is COCC[SiH2]C1CCC(c2cccc(F)c2)CC1. The molecule has 18 heavy (non-hydrogen) atoms. The zero-order valence-electron chi connectivity index (χ0n) is 11.2. The van der Waals surface area contributed by atoms with Crippen molar-refractivity contribution in [3.05, 3.63) is 35.6 Å². The molecule has 0 atom stereocenters. The van der Waals surface area contributed by atoms with Crippen molar-refractivity contribution < 1.29 is 9.13 Å². The molecule has 1 saturated carbocycles. The molecule has 100 valence electrons. The molecule has 0 radical (unpaired) electrons. The summed E-state index contributed by atoms with van der Waals surface area (Å²) < 4.78 is 18.3. The van der Waals surface area contributed by atoms with Crippen LogP contribution in [0.4, 0.5) is 4.39 Å². The van der Waals surface area contributed by atoms with Gasteiger partial charge in [0.15, 0.2) is 0 Å². The normalized spacial score (nSPS) is 24.8. The van der Waals surface area contributed by atoms with Gasteiger partial charge in [-0.1, -0.05) is 30.5 Å². The Morgan fingerprint density at radius 1 is 1.28 bits per heavy atom. The highest BCUT2D eigenvalue weighted by molar-refractivity contribution is 6.37. The minimum Gasteiger partial charge on any atom is -0.385 e. The summed E-state index contributed by atoms with van der Waals surface area (Å²) >= 11 is 0. The fourth-order valence-electron chi connectivity index (χ4n) is 3.06. The Morgan fingerprint density at radius 3 is 2.72 bits per heavy atom. The molecule has 2 rings (SSSR count). The number of ether oxygens (including phenoxy) is 1. The summed E-state index contributed by atoms with van der Waals surface area (Å²) in [7, 11) is 1.83. The van der Waals surface area contributed by atoms with E-state index in [0.717, 1.165) is 12.1 Å². The van der Waals surface area contributed by atoms with Crippen LogP contribution in [0.5, 0.6) is 0 Å². The van der Waals surface area contributed by atoms with E-state index in [1.807, 2.05) is 6.07 Å². The first-order chi connectivity index (χ1) is 8.79. The predicted octanol–water partition coefficient (Wildman–Crippen LogP) is 3.51. The van der Waals surface area contributed by atoms with Crippen LogP contribution in [0.15, 0.2) is 24.3 Å². The number of halogens is 1. The zero-order chi connectivity index (χ0) is 12.8. The van der Waals surface area contributed by atoms with Crippen LogP contribution in [0.3, 0.4) is 0 Å². The van der Waals surface area contributed by atoms with E-state index in [9.17, 15) is 4.39 Å². The van der Waals surface area contributed by atoms with Gasteiger partial charge < -0.3 is 4.74 Å². The third-order valence-electron chi connectivity index (χ3n) is 4.13. The van der Waals surface area contributed by atoms with Crippen molar-refractivity contribution in [2.24, 2.45) is 0 Å². The summed E-state index contributed by atoms with van der Waals surface area (Å²) in [4.78, 5) is 0. The van der Waals surface area contributed by atoms with Crippen molar-refractivity contribution in [2.75, 3.05) is 13.7 Å². The zero-order valence-corrected chi connectivity index (χ0v) is 12.6. The van der Waals surface area contributed by atoms with Crippen molar-refractivity contribution >= 4 is 9.52 Å². The Hall–Kier alpha value is -0.673. The summed E-state index contributed by atoms with van der Waals surface area (Å²) in [6.45, 7) is 0.941. The lowest BCUT2D eigenvalue weighted by atomic mass is 9.84. The lowest BCUT2D eigenvalue weighted by Gasteiger charge is -2.28. The smallest absolute Gasteiger partial charge is 0.123 e. The summed E-state index contributed by atoms with van der Waals surface area (Å²) in [6, 6.07) is 8.48. The molecule has 1 fully saturated rings. The molecule has 1 aromatic rings. The third-order valence-corrected chi connectivity index (χ3v) is 6.46. The van der Waals surface area contributed by atoms with Crippen LogP contribution >= 0.6 is 0 Å². The van der Waals surface area contributed by atoms with Crippen LogP contribution in [0.1, 0.15) is 37.2 Å². The van der Waals surface area contributed by atoms with E-state index in [0.29, 0.717) is 5.92 Å². The maximum absolute atomic E-state index is 13.2. The average Bonchev–Trinajstić information content (AvgIpc) is 2.40. The fraction of sp³-hybridized carbons (Fsp3) is 0.600. The Kier molecular flexibility index (Phi) is 5.38. The Balaban J connectivity index is 1.79. The van der Waals surface area contributed by atoms with Gasteiger partial charge in [0.1, 0.15) is 5.82 Å². The molecule has 0 amide bonds. The minimum absolute atomic E-state index is 0.0451. The maximum atomic E-state index is 13.2. The van der Waals surface area contributed by atoms with Gasteiger partial charge >= 0.3 is 0 Å².